The maximum absolute atomic E-state index is 10.6. The molecule has 0 aliphatic rings. The molecule has 5 heteroatoms. The van der Waals surface area contributed by atoms with Crippen molar-refractivity contribution in [1.82, 2.24) is 0 Å². The summed E-state index contributed by atoms with van der Waals surface area (Å²) in [5, 5.41) is 0. The van der Waals surface area contributed by atoms with Crippen LogP contribution in [0.25, 0.3) is 0 Å². The number of nitrogens with zero attached hydrogens (tertiary/aromatic N) is 1. The van der Waals surface area contributed by atoms with Crippen LogP contribution in [0.3, 0.4) is 0 Å². The number of hydrogen-bond acceptors (Lipinski definition) is 3. The van der Waals surface area contributed by atoms with Crippen LogP contribution in [0.1, 0.15) is 13.3 Å². The van der Waals surface area contributed by atoms with Crippen molar-refractivity contribution in [3.8, 4) is 0 Å². The number of hydrogen-bond donors (Lipinski definition) is 0. The standard InChI is InChI=1S/C8H11NO3S/c1-2-5-9-6-3-4-8(7-9)13(10,11)12/h3-4,6-7H,2,5H2,1H3. The smallest absolute Gasteiger partial charge is 0.186 e. The minimum absolute atomic E-state index is 0.177. The van der Waals surface area contributed by atoms with Crippen LogP contribution in [0.2, 0.25) is 0 Å². The average molecular weight is 201 g/mol. The zero-order valence-electron chi connectivity index (χ0n) is 7.30. The summed E-state index contributed by atoms with van der Waals surface area (Å²) in [7, 11) is -4.31. The Morgan fingerprint density at radius 1 is 1.54 bits per heavy atom. The highest BCUT2D eigenvalue weighted by atomic mass is 32.2. The van der Waals surface area contributed by atoms with Gasteiger partial charge in [-0.15, -0.1) is 0 Å². The molecule has 0 atom stereocenters. The van der Waals surface area contributed by atoms with Gasteiger partial charge in [-0.1, -0.05) is 6.92 Å². The lowest BCUT2D eigenvalue weighted by atomic mass is 10.4. The van der Waals surface area contributed by atoms with Gasteiger partial charge in [0.1, 0.15) is 21.6 Å². The number of rotatable bonds is 3. The van der Waals surface area contributed by atoms with E-state index in [1.165, 1.54) is 12.3 Å². The van der Waals surface area contributed by atoms with Crippen LogP contribution in [0, 0.1) is 0 Å². The molecule has 72 valence electrons. The molecule has 1 rings (SSSR count). The zero-order valence-corrected chi connectivity index (χ0v) is 8.12. The van der Waals surface area contributed by atoms with Crippen LogP contribution in [0.15, 0.2) is 29.4 Å². The summed E-state index contributed by atoms with van der Waals surface area (Å²) in [6, 6.07) is 2.86. The molecular formula is C8H11NO3S. The molecule has 1 aromatic heterocycles. The third-order valence-electron chi connectivity index (χ3n) is 1.60. The summed E-state index contributed by atoms with van der Waals surface area (Å²) in [5.41, 5.74) is 0. The number of aryl methyl sites for hydroxylation is 1. The molecule has 0 unspecified atom stereocenters. The lowest BCUT2D eigenvalue weighted by molar-refractivity contribution is -0.698. The first kappa shape index (κ1) is 10.1. The molecule has 4 nitrogen and oxygen atoms in total. The Hall–Kier alpha value is -0.940. The van der Waals surface area contributed by atoms with Crippen molar-refractivity contribution in [2.75, 3.05) is 0 Å². The van der Waals surface area contributed by atoms with Gasteiger partial charge in [0, 0.05) is 12.5 Å². The van der Waals surface area contributed by atoms with E-state index in [0.29, 0.717) is 6.54 Å². The van der Waals surface area contributed by atoms with Crippen LogP contribution in [0.4, 0.5) is 0 Å². The molecule has 1 heterocycles. The Kier molecular flexibility index (Phi) is 3.00. The third-order valence-corrected chi connectivity index (χ3v) is 2.42. The minimum Gasteiger partial charge on any atom is -0.744 e. The van der Waals surface area contributed by atoms with Gasteiger partial charge in [-0.2, -0.15) is 0 Å². The third kappa shape index (κ3) is 2.78. The Bertz CT molecular complexity index is 386. The first-order valence-corrected chi connectivity index (χ1v) is 5.40. The average Bonchev–Trinajstić information content (AvgIpc) is 2.04. The van der Waals surface area contributed by atoms with Crippen LogP contribution in [-0.4, -0.2) is 13.0 Å². The van der Waals surface area contributed by atoms with E-state index in [1.807, 2.05) is 6.92 Å². The Balaban J connectivity index is 3.06. The largest absolute Gasteiger partial charge is 0.744 e. The fourth-order valence-corrected chi connectivity index (χ4v) is 1.55. The molecule has 0 fully saturated rings. The molecule has 0 saturated carbocycles. The molecule has 0 aliphatic heterocycles. The highest BCUT2D eigenvalue weighted by molar-refractivity contribution is 7.85. The molecule has 0 N–H and O–H groups in total. The number of pyridine rings is 1. The lowest BCUT2D eigenvalue weighted by Crippen LogP contribution is -2.33. The molecule has 0 amide bonds. The fraction of sp³-hybridized carbons (Fsp3) is 0.375. The van der Waals surface area contributed by atoms with E-state index >= 15 is 0 Å². The number of aromatic nitrogens is 1. The molecule has 0 spiro atoms. The summed E-state index contributed by atoms with van der Waals surface area (Å²) in [6.45, 7) is 2.69. The van der Waals surface area contributed by atoms with E-state index in [1.54, 1.807) is 16.8 Å². The van der Waals surface area contributed by atoms with Gasteiger partial charge in [-0.05, 0) is 6.07 Å². The molecule has 0 radical (unpaired) electrons. The second-order valence-electron chi connectivity index (χ2n) is 2.73. The maximum atomic E-state index is 10.6. The van der Waals surface area contributed by atoms with Crippen molar-refractivity contribution in [3.05, 3.63) is 24.5 Å². The molecule has 13 heavy (non-hydrogen) atoms. The molecule has 1 aromatic rings. The molecule has 0 aromatic carbocycles. The van der Waals surface area contributed by atoms with Crippen molar-refractivity contribution in [3.63, 3.8) is 0 Å². The first-order valence-electron chi connectivity index (χ1n) is 3.99. The van der Waals surface area contributed by atoms with Crippen molar-refractivity contribution in [1.29, 1.82) is 0 Å². The van der Waals surface area contributed by atoms with Crippen LogP contribution < -0.4 is 4.57 Å². The summed E-state index contributed by atoms with van der Waals surface area (Å²) in [6.07, 6.45) is 3.98. The fourth-order valence-electron chi connectivity index (χ4n) is 1.04. The summed E-state index contributed by atoms with van der Waals surface area (Å²) < 4.78 is 33.5. The van der Waals surface area contributed by atoms with E-state index < -0.39 is 10.1 Å². The van der Waals surface area contributed by atoms with Gasteiger partial charge < -0.3 is 4.55 Å². The first-order chi connectivity index (χ1) is 6.04. The second kappa shape index (κ2) is 3.85. The highest BCUT2D eigenvalue weighted by Gasteiger charge is 2.06. The van der Waals surface area contributed by atoms with E-state index in [4.69, 9.17) is 0 Å². The minimum atomic E-state index is -4.31. The predicted octanol–water partition coefficient (Wildman–Crippen LogP) is 0.288. The van der Waals surface area contributed by atoms with Crippen molar-refractivity contribution < 1.29 is 17.5 Å². The highest BCUT2D eigenvalue weighted by Crippen LogP contribution is 2.02. The van der Waals surface area contributed by atoms with Crippen LogP contribution >= 0.6 is 0 Å². The van der Waals surface area contributed by atoms with Crippen LogP contribution in [-0.2, 0) is 16.7 Å². The van der Waals surface area contributed by atoms with Crippen molar-refractivity contribution in [2.45, 2.75) is 24.8 Å². The quantitative estimate of drug-likeness (QED) is 0.521. The summed E-state index contributed by atoms with van der Waals surface area (Å²) in [4.78, 5) is -0.177. The summed E-state index contributed by atoms with van der Waals surface area (Å²) in [5.74, 6) is 0. The van der Waals surface area contributed by atoms with Crippen LogP contribution in [0.5, 0.6) is 0 Å². The maximum Gasteiger partial charge on any atom is 0.186 e. The normalized spacial score (nSPS) is 11.5. The second-order valence-corrected chi connectivity index (χ2v) is 4.11. The van der Waals surface area contributed by atoms with Gasteiger partial charge in [0.15, 0.2) is 12.4 Å². The lowest BCUT2D eigenvalue weighted by Gasteiger charge is -2.04. The monoisotopic (exact) mass is 201 g/mol. The Labute approximate surface area is 77.6 Å². The van der Waals surface area contributed by atoms with Gasteiger partial charge in [-0.3, -0.25) is 0 Å². The summed E-state index contributed by atoms with van der Waals surface area (Å²) >= 11 is 0. The molecule has 0 bridgehead atoms. The van der Waals surface area contributed by atoms with Crippen molar-refractivity contribution >= 4 is 10.1 Å². The Morgan fingerprint density at radius 2 is 2.23 bits per heavy atom. The van der Waals surface area contributed by atoms with E-state index in [2.05, 4.69) is 0 Å². The van der Waals surface area contributed by atoms with Gasteiger partial charge in [0.2, 0.25) is 0 Å². The molecular weight excluding hydrogens is 190 g/mol. The van der Waals surface area contributed by atoms with Gasteiger partial charge in [0.05, 0.1) is 0 Å². The molecule has 0 aliphatic carbocycles. The van der Waals surface area contributed by atoms with Gasteiger partial charge >= 0.3 is 0 Å². The zero-order chi connectivity index (χ0) is 9.90. The van der Waals surface area contributed by atoms with E-state index in [0.717, 1.165) is 6.42 Å². The molecule has 0 saturated heterocycles. The van der Waals surface area contributed by atoms with Gasteiger partial charge in [0.25, 0.3) is 0 Å². The topological polar surface area (TPSA) is 61.1 Å². The van der Waals surface area contributed by atoms with Crippen molar-refractivity contribution in [2.24, 2.45) is 0 Å². The Morgan fingerprint density at radius 3 is 2.77 bits per heavy atom. The van der Waals surface area contributed by atoms with E-state index in [9.17, 15) is 13.0 Å². The SMILES string of the molecule is CCC[n+]1cccc(S(=O)(=O)[O-])c1. The van der Waals surface area contributed by atoms with E-state index in [-0.39, 0.29) is 4.90 Å². The van der Waals surface area contributed by atoms with Gasteiger partial charge in [-0.25, -0.2) is 13.0 Å². The predicted molar refractivity (Wildman–Crippen MR) is 44.9 cm³/mol.